The van der Waals surface area contributed by atoms with Crippen LogP contribution in [0.25, 0.3) is 0 Å². The molecule has 0 radical (unpaired) electrons. The maximum absolute atomic E-state index is 12.2. The predicted octanol–water partition coefficient (Wildman–Crippen LogP) is 0.867. The van der Waals surface area contributed by atoms with Gasteiger partial charge in [0, 0.05) is 31.1 Å². The molecule has 0 aliphatic carbocycles. The molecule has 2 amide bonds. The Morgan fingerprint density at radius 3 is 2.26 bits per heavy atom. The van der Waals surface area contributed by atoms with E-state index < -0.39 is 29.1 Å². The Morgan fingerprint density at radius 2 is 1.70 bits per heavy atom. The van der Waals surface area contributed by atoms with Crippen LogP contribution in [0.5, 0.6) is 17.2 Å². The van der Waals surface area contributed by atoms with Gasteiger partial charge in [0.1, 0.15) is 0 Å². The smallest absolute Gasteiger partial charge is 0.306 e. The first-order valence-electron chi connectivity index (χ1n) is 8.81. The van der Waals surface area contributed by atoms with Gasteiger partial charge in [0.05, 0.1) is 13.0 Å². The van der Waals surface area contributed by atoms with E-state index >= 15 is 0 Å². The molecule has 0 atom stereocenters. The number of nitrogens with one attached hydrogen (secondary N) is 1. The van der Waals surface area contributed by atoms with Gasteiger partial charge in [-0.25, -0.2) is 0 Å². The summed E-state index contributed by atoms with van der Waals surface area (Å²) in [6.07, 6.45) is 1.25. The van der Waals surface area contributed by atoms with E-state index in [-0.39, 0.29) is 37.0 Å². The van der Waals surface area contributed by atoms with Gasteiger partial charge in [-0.1, -0.05) is 0 Å². The Morgan fingerprint density at radius 1 is 1.11 bits per heavy atom. The van der Waals surface area contributed by atoms with Gasteiger partial charge >= 0.3 is 5.97 Å². The highest BCUT2D eigenvalue weighted by atomic mass is 16.5. The van der Waals surface area contributed by atoms with Gasteiger partial charge in [-0.3, -0.25) is 14.4 Å². The summed E-state index contributed by atoms with van der Waals surface area (Å²) >= 11 is 0. The summed E-state index contributed by atoms with van der Waals surface area (Å²) in [5, 5.41) is 31.1. The molecule has 1 aliphatic rings. The molecule has 1 fully saturated rings. The minimum absolute atomic E-state index is 0.0238. The molecule has 27 heavy (non-hydrogen) atoms. The van der Waals surface area contributed by atoms with Crippen molar-refractivity contribution in [3.05, 3.63) is 17.7 Å². The number of esters is 1. The number of hydrogen-bond acceptors (Lipinski definition) is 7. The van der Waals surface area contributed by atoms with E-state index in [1.54, 1.807) is 11.8 Å². The van der Waals surface area contributed by atoms with Crippen molar-refractivity contribution in [1.29, 1.82) is 0 Å². The summed E-state index contributed by atoms with van der Waals surface area (Å²) in [7, 11) is 0. The highest BCUT2D eigenvalue weighted by Crippen LogP contribution is 2.35. The Bertz CT molecular complexity index is 689. The standard InChI is InChI=1S/C18H24N2O7/c1-2-27-16(24)4-3-15(23)20-7-5-12(6-8-20)19-18(26)11-9-13(21)17(25)14(22)10-11/h9-10,12,21-22,25H,2-8H2,1H3,(H,19,26). The third-order valence-electron chi connectivity index (χ3n) is 4.36. The second kappa shape index (κ2) is 9.11. The zero-order chi connectivity index (χ0) is 20.0. The van der Waals surface area contributed by atoms with Crippen molar-refractivity contribution in [2.45, 2.75) is 38.6 Å². The highest BCUT2D eigenvalue weighted by Gasteiger charge is 2.25. The molecule has 1 aliphatic heterocycles. The van der Waals surface area contributed by atoms with Crippen molar-refractivity contribution < 1.29 is 34.4 Å². The van der Waals surface area contributed by atoms with Crippen LogP contribution in [0.2, 0.25) is 0 Å². The number of piperidine rings is 1. The van der Waals surface area contributed by atoms with Gasteiger partial charge in [-0.2, -0.15) is 0 Å². The zero-order valence-corrected chi connectivity index (χ0v) is 15.1. The normalized spacial score (nSPS) is 14.6. The number of aromatic hydroxyl groups is 3. The average molecular weight is 380 g/mol. The van der Waals surface area contributed by atoms with Crippen LogP contribution >= 0.6 is 0 Å². The Labute approximate surface area is 156 Å². The van der Waals surface area contributed by atoms with Crippen molar-refractivity contribution in [1.82, 2.24) is 10.2 Å². The van der Waals surface area contributed by atoms with Gasteiger partial charge in [0.15, 0.2) is 17.2 Å². The number of phenols is 3. The second-order valence-electron chi connectivity index (χ2n) is 6.30. The van der Waals surface area contributed by atoms with Crippen LogP contribution in [0, 0.1) is 0 Å². The Hall–Kier alpha value is -2.97. The van der Waals surface area contributed by atoms with E-state index in [4.69, 9.17) is 4.74 Å². The van der Waals surface area contributed by atoms with Crippen molar-refractivity contribution in [2.24, 2.45) is 0 Å². The van der Waals surface area contributed by atoms with Gasteiger partial charge in [0.25, 0.3) is 5.91 Å². The monoisotopic (exact) mass is 380 g/mol. The highest BCUT2D eigenvalue weighted by molar-refractivity contribution is 5.95. The van der Waals surface area contributed by atoms with Crippen LogP contribution in [0.3, 0.4) is 0 Å². The molecule has 9 heteroatoms. The molecule has 1 aromatic carbocycles. The molecular formula is C18H24N2O7. The third-order valence-corrected chi connectivity index (χ3v) is 4.36. The van der Waals surface area contributed by atoms with E-state index in [0.717, 1.165) is 12.1 Å². The largest absolute Gasteiger partial charge is 0.504 e. The van der Waals surface area contributed by atoms with Crippen LogP contribution in [0.4, 0.5) is 0 Å². The fourth-order valence-electron chi connectivity index (χ4n) is 2.88. The molecule has 1 saturated heterocycles. The number of ether oxygens (including phenoxy) is 1. The number of carbonyl (C=O) groups excluding carboxylic acids is 3. The van der Waals surface area contributed by atoms with Gasteiger partial charge < -0.3 is 30.3 Å². The molecule has 0 spiro atoms. The predicted molar refractivity (Wildman–Crippen MR) is 94.4 cm³/mol. The lowest BCUT2D eigenvalue weighted by atomic mass is 10.0. The molecule has 1 heterocycles. The maximum Gasteiger partial charge on any atom is 0.306 e. The molecule has 0 aromatic heterocycles. The van der Waals surface area contributed by atoms with Gasteiger partial charge in [0.2, 0.25) is 5.91 Å². The number of amides is 2. The fourth-order valence-corrected chi connectivity index (χ4v) is 2.88. The number of carbonyl (C=O) groups is 3. The topological polar surface area (TPSA) is 136 Å². The van der Waals surface area contributed by atoms with E-state index in [2.05, 4.69) is 5.32 Å². The molecule has 0 saturated carbocycles. The first-order valence-corrected chi connectivity index (χ1v) is 8.81. The molecule has 148 valence electrons. The molecule has 0 unspecified atom stereocenters. The van der Waals surface area contributed by atoms with Crippen molar-refractivity contribution in [3.8, 4) is 17.2 Å². The van der Waals surface area contributed by atoms with E-state index in [9.17, 15) is 29.7 Å². The van der Waals surface area contributed by atoms with Crippen LogP contribution in [0.15, 0.2) is 12.1 Å². The van der Waals surface area contributed by atoms with Crippen LogP contribution in [-0.2, 0) is 14.3 Å². The second-order valence-corrected chi connectivity index (χ2v) is 6.30. The molecule has 1 aromatic rings. The number of nitrogens with zero attached hydrogens (tertiary/aromatic N) is 1. The van der Waals surface area contributed by atoms with Crippen molar-refractivity contribution in [2.75, 3.05) is 19.7 Å². The third kappa shape index (κ3) is 5.50. The summed E-state index contributed by atoms with van der Waals surface area (Å²) in [4.78, 5) is 37.3. The summed E-state index contributed by atoms with van der Waals surface area (Å²) in [5.74, 6) is -2.85. The minimum atomic E-state index is -0.679. The van der Waals surface area contributed by atoms with Crippen LogP contribution in [-0.4, -0.2) is 63.7 Å². The molecular weight excluding hydrogens is 356 g/mol. The number of phenolic OH excluding ortho intramolecular Hbond substituents is 3. The average Bonchev–Trinajstić information content (AvgIpc) is 2.64. The lowest BCUT2D eigenvalue weighted by Gasteiger charge is -2.32. The van der Waals surface area contributed by atoms with Crippen LogP contribution in [0.1, 0.15) is 43.0 Å². The lowest BCUT2D eigenvalue weighted by Crippen LogP contribution is -2.46. The van der Waals surface area contributed by atoms with Gasteiger partial charge in [-0.05, 0) is 31.9 Å². The number of rotatable bonds is 6. The number of benzene rings is 1. The van der Waals surface area contributed by atoms with Gasteiger partial charge in [-0.15, -0.1) is 0 Å². The van der Waals surface area contributed by atoms with Crippen molar-refractivity contribution in [3.63, 3.8) is 0 Å². The molecule has 0 bridgehead atoms. The molecule has 4 N–H and O–H groups in total. The summed E-state index contributed by atoms with van der Waals surface area (Å²) in [6.45, 7) is 2.91. The summed E-state index contributed by atoms with van der Waals surface area (Å²) in [5.41, 5.74) is 0.0238. The Balaban J connectivity index is 1.81. The van der Waals surface area contributed by atoms with E-state index in [0.29, 0.717) is 25.9 Å². The summed E-state index contributed by atoms with van der Waals surface area (Å²) in [6, 6.07) is 1.97. The summed E-state index contributed by atoms with van der Waals surface area (Å²) < 4.78 is 4.80. The quantitative estimate of drug-likeness (QED) is 0.424. The molecule has 2 rings (SSSR count). The number of likely N-dealkylation sites (tertiary alicyclic amines) is 1. The van der Waals surface area contributed by atoms with E-state index in [1.807, 2.05) is 0 Å². The van der Waals surface area contributed by atoms with Crippen molar-refractivity contribution >= 4 is 17.8 Å². The Kier molecular flexibility index (Phi) is 6.86. The van der Waals surface area contributed by atoms with E-state index in [1.165, 1.54) is 0 Å². The fraction of sp³-hybridized carbons (Fsp3) is 0.500. The SMILES string of the molecule is CCOC(=O)CCC(=O)N1CCC(NC(=O)c2cc(O)c(O)c(O)c2)CC1. The maximum atomic E-state index is 12.2. The first kappa shape index (κ1) is 20.3. The lowest BCUT2D eigenvalue weighted by molar-refractivity contribution is -0.145. The number of hydrogen-bond donors (Lipinski definition) is 4. The zero-order valence-electron chi connectivity index (χ0n) is 15.1. The molecule has 9 nitrogen and oxygen atoms in total. The van der Waals surface area contributed by atoms with Crippen LogP contribution < -0.4 is 5.32 Å². The first-order chi connectivity index (χ1) is 12.8. The minimum Gasteiger partial charge on any atom is -0.504 e.